The molecule has 0 fully saturated rings. The van der Waals surface area contributed by atoms with Gasteiger partial charge in [0, 0.05) is 11.9 Å². The maximum atomic E-state index is 9.38. The molecule has 0 atom stereocenters. The van der Waals surface area contributed by atoms with Gasteiger partial charge in [0.05, 0.1) is 13.3 Å². The maximum absolute atomic E-state index is 9.38. The van der Waals surface area contributed by atoms with Crippen molar-refractivity contribution in [3.63, 3.8) is 0 Å². The Labute approximate surface area is 156 Å². The molecular formula is C18H18N6OS. The van der Waals surface area contributed by atoms with Crippen LogP contribution in [0.25, 0.3) is 16.7 Å². The average Bonchev–Trinajstić information content (AvgIpc) is 3.03. The summed E-state index contributed by atoms with van der Waals surface area (Å²) >= 11 is 5.25. The molecule has 132 valence electrons. The highest BCUT2D eigenvalue weighted by Gasteiger charge is 2.16. The molecule has 0 aliphatic carbocycles. The normalized spacial score (nSPS) is 10.4. The third-order valence-corrected chi connectivity index (χ3v) is 4.14. The summed E-state index contributed by atoms with van der Waals surface area (Å²) in [4.78, 5) is 4.70. The highest BCUT2D eigenvalue weighted by atomic mass is 32.1. The molecule has 2 heterocycles. The van der Waals surface area contributed by atoms with Crippen molar-refractivity contribution in [3.8, 4) is 17.6 Å². The number of benzene rings is 1. The molecule has 0 saturated heterocycles. The van der Waals surface area contributed by atoms with E-state index in [4.69, 9.17) is 21.9 Å². The lowest BCUT2D eigenvalue weighted by Crippen LogP contribution is -2.29. The molecule has 0 aliphatic rings. The van der Waals surface area contributed by atoms with E-state index in [0.29, 0.717) is 34.6 Å². The smallest absolute Gasteiger partial charge is 0.171 e. The Balaban J connectivity index is 2.16. The van der Waals surface area contributed by atoms with Gasteiger partial charge in [-0.25, -0.2) is 4.98 Å². The Bertz CT molecular complexity index is 1020. The van der Waals surface area contributed by atoms with Crippen molar-refractivity contribution >= 4 is 34.1 Å². The van der Waals surface area contributed by atoms with Crippen molar-refractivity contribution < 1.29 is 4.74 Å². The molecule has 0 radical (unpaired) electrons. The van der Waals surface area contributed by atoms with Crippen molar-refractivity contribution in [1.82, 2.24) is 20.1 Å². The number of pyridine rings is 1. The molecule has 0 aliphatic heterocycles. The number of hydrogen-bond donors (Lipinski definition) is 2. The Kier molecular flexibility index (Phi) is 5.00. The summed E-state index contributed by atoms with van der Waals surface area (Å²) in [5, 5.41) is 21.1. The number of thiocarbonyl (C=S) groups is 1. The monoisotopic (exact) mass is 366 g/mol. The van der Waals surface area contributed by atoms with Gasteiger partial charge in [-0.1, -0.05) is 12.1 Å². The van der Waals surface area contributed by atoms with E-state index in [-0.39, 0.29) is 0 Å². The summed E-state index contributed by atoms with van der Waals surface area (Å²) < 4.78 is 7.01. The Hall–Kier alpha value is -3.18. The molecule has 3 rings (SSSR count). The number of nitrogens with one attached hydrogen (secondary N) is 2. The summed E-state index contributed by atoms with van der Waals surface area (Å²) in [6.45, 7) is 4.61. The van der Waals surface area contributed by atoms with Crippen LogP contribution in [-0.2, 0) is 0 Å². The lowest BCUT2D eigenvalue weighted by atomic mass is 10.1. The van der Waals surface area contributed by atoms with Gasteiger partial charge < -0.3 is 15.4 Å². The molecule has 0 amide bonds. The minimum Gasteiger partial charge on any atom is -0.494 e. The summed E-state index contributed by atoms with van der Waals surface area (Å²) in [7, 11) is 1.61. The zero-order chi connectivity index (χ0) is 18.7. The second kappa shape index (κ2) is 7.37. The average molecular weight is 366 g/mol. The van der Waals surface area contributed by atoms with E-state index >= 15 is 0 Å². The summed E-state index contributed by atoms with van der Waals surface area (Å²) in [5.74, 6) is 1.72. The number of fused-ring (bicyclic) bond motifs is 1. The van der Waals surface area contributed by atoms with E-state index in [0.717, 1.165) is 16.5 Å². The largest absolute Gasteiger partial charge is 0.494 e. The first-order chi connectivity index (χ1) is 12.6. The minimum atomic E-state index is 0.379. The van der Waals surface area contributed by atoms with Crippen LogP contribution in [0.2, 0.25) is 0 Å². The number of nitrogens with zero attached hydrogens (tertiary/aromatic N) is 4. The second-order valence-electron chi connectivity index (χ2n) is 5.57. The van der Waals surface area contributed by atoms with Gasteiger partial charge in [0.25, 0.3) is 0 Å². The van der Waals surface area contributed by atoms with Crippen LogP contribution in [0.5, 0.6) is 5.75 Å². The molecule has 0 unspecified atom stereocenters. The van der Waals surface area contributed by atoms with Crippen LogP contribution in [0, 0.1) is 18.3 Å². The van der Waals surface area contributed by atoms with Crippen LogP contribution >= 0.6 is 12.2 Å². The first-order valence-electron chi connectivity index (χ1n) is 8.06. The SMILES string of the molecule is CCNC(=S)Nc1c(C#N)cnn1-c1cc(C)c2cccc(OC)c2n1. The molecule has 0 saturated carbocycles. The van der Waals surface area contributed by atoms with Gasteiger partial charge in [-0.15, -0.1) is 0 Å². The molecular weight excluding hydrogens is 348 g/mol. The van der Waals surface area contributed by atoms with Crippen LogP contribution in [0.3, 0.4) is 0 Å². The van der Waals surface area contributed by atoms with E-state index in [1.807, 2.05) is 38.1 Å². The topological polar surface area (TPSA) is 87.8 Å². The van der Waals surface area contributed by atoms with Gasteiger partial charge in [-0.2, -0.15) is 15.0 Å². The first kappa shape index (κ1) is 17.6. The van der Waals surface area contributed by atoms with E-state index in [1.54, 1.807) is 11.8 Å². The van der Waals surface area contributed by atoms with Crippen molar-refractivity contribution in [2.45, 2.75) is 13.8 Å². The molecule has 0 bridgehead atoms. The van der Waals surface area contributed by atoms with E-state index in [1.165, 1.54) is 6.20 Å². The number of hydrogen-bond acceptors (Lipinski definition) is 5. The molecule has 2 N–H and O–H groups in total. The summed E-state index contributed by atoms with van der Waals surface area (Å²) in [6.07, 6.45) is 1.49. The third kappa shape index (κ3) is 3.17. The fraction of sp³-hybridized carbons (Fsp3) is 0.222. The molecule has 3 aromatic rings. The van der Waals surface area contributed by atoms with Gasteiger partial charge in [0.1, 0.15) is 22.9 Å². The Morgan fingerprint density at radius 2 is 2.23 bits per heavy atom. The quantitative estimate of drug-likeness (QED) is 0.686. The van der Waals surface area contributed by atoms with Gasteiger partial charge in [0.15, 0.2) is 16.7 Å². The zero-order valence-electron chi connectivity index (χ0n) is 14.7. The number of para-hydroxylation sites is 1. The standard InChI is InChI=1S/C18H18N6OS/c1-4-20-18(26)23-17-12(9-19)10-21-24(17)15-8-11(2)13-6-5-7-14(25-3)16(13)22-15/h5-8,10H,4H2,1-3H3,(H2,20,23,26). The molecule has 1 aromatic carbocycles. The van der Waals surface area contributed by atoms with Crippen molar-refractivity contribution in [2.24, 2.45) is 0 Å². The number of methoxy groups -OCH3 is 1. The van der Waals surface area contributed by atoms with Crippen molar-refractivity contribution in [3.05, 3.63) is 41.6 Å². The van der Waals surface area contributed by atoms with Gasteiger partial charge in [-0.3, -0.25) is 0 Å². The predicted octanol–water partition coefficient (Wildman–Crippen LogP) is 2.92. The highest BCUT2D eigenvalue weighted by molar-refractivity contribution is 7.80. The number of aryl methyl sites for hydroxylation is 1. The molecule has 7 nitrogen and oxygen atoms in total. The fourth-order valence-electron chi connectivity index (χ4n) is 2.68. The van der Waals surface area contributed by atoms with Crippen LogP contribution in [0.4, 0.5) is 5.82 Å². The van der Waals surface area contributed by atoms with Crippen LogP contribution in [-0.4, -0.2) is 33.5 Å². The van der Waals surface area contributed by atoms with E-state index in [2.05, 4.69) is 21.8 Å². The Morgan fingerprint density at radius 1 is 1.42 bits per heavy atom. The minimum absolute atomic E-state index is 0.379. The molecule has 8 heteroatoms. The maximum Gasteiger partial charge on any atom is 0.171 e. The number of aromatic nitrogens is 3. The van der Waals surface area contributed by atoms with Crippen molar-refractivity contribution in [2.75, 3.05) is 19.0 Å². The van der Waals surface area contributed by atoms with Crippen LogP contribution < -0.4 is 15.4 Å². The van der Waals surface area contributed by atoms with Crippen LogP contribution in [0.1, 0.15) is 18.1 Å². The third-order valence-electron chi connectivity index (χ3n) is 3.89. The number of rotatable bonds is 4. The van der Waals surface area contributed by atoms with E-state index in [9.17, 15) is 5.26 Å². The van der Waals surface area contributed by atoms with Gasteiger partial charge in [0.2, 0.25) is 0 Å². The van der Waals surface area contributed by atoms with Gasteiger partial charge >= 0.3 is 0 Å². The lowest BCUT2D eigenvalue weighted by molar-refractivity contribution is 0.419. The van der Waals surface area contributed by atoms with Crippen molar-refractivity contribution in [1.29, 1.82) is 5.26 Å². The van der Waals surface area contributed by atoms with Gasteiger partial charge in [-0.05, 0) is 43.8 Å². The second-order valence-corrected chi connectivity index (χ2v) is 5.98. The highest BCUT2D eigenvalue weighted by Crippen LogP contribution is 2.28. The number of ether oxygens (including phenoxy) is 1. The summed E-state index contributed by atoms with van der Waals surface area (Å²) in [6, 6.07) is 9.82. The Morgan fingerprint density at radius 3 is 2.92 bits per heavy atom. The molecule has 2 aromatic heterocycles. The summed E-state index contributed by atoms with van der Waals surface area (Å²) in [5.41, 5.74) is 2.14. The molecule has 26 heavy (non-hydrogen) atoms. The number of anilines is 1. The number of nitriles is 1. The van der Waals surface area contributed by atoms with E-state index < -0.39 is 0 Å². The molecule has 0 spiro atoms. The van der Waals surface area contributed by atoms with Crippen LogP contribution in [0.15, 0.2) is 30.5 Å². The predicted molar refractivity (Wildman–Crippen MR) is 105 cm³/mol. The zero-order valence-corrected chi connectivity index (χ0v) is 15.5. The first-order valence-corrected chi connectivity index (χ1v) is 8.47. The fourth-order valence-corrected chi connectivity index (χ4v) is 2.92. The lowest BCUT2D eigenvalue weighted by Gasteiger charge is -2.13.